The number of primary amides is 1. The molecule has 0 aliphatic rings. The molecular weight excluding hydrogens is 237 g/mol. The highest BCUT2D eigenvalue weighted by Gasteiger charge is 2.31. The number of ether oxygens (including phenoxy) is 1. The first kappa shape index (κ1) is 12.7. The van der Waals surface area contributed by atoms with Gasteiger partial charge in [0.15, 0.2) is 5.75 Å². The molecule has 1 aromatic carbocycles. The predicted octanol–water partition coefficient (Wildman–Crippen LogP) is 1.00. The van der Waals surface area contributed by atoms with Crippen molar-refractivity contribution in [3.05, 3.63) is 23.8 Å². The molecular formula is C10H7F3N2O2. The van der Waals surface area contributed by atoms with Gasteiger partial charge in [0, 0.05) is 5.56 Å². The minimum Gasteiger partial charge on any atom is -0.404 e. The molecule has 0 unspecified atom stereocenters. The van der Waals surface area contributed by atoms with Crippen molar-refractivity contribution in [2.24, 2.45) is 5.73 Å². The maximum Gasteiger partial charge on any atom is 0.573 e. The van der Waals surface area contributed by atoms with Gasteiger partial charge < -0.3 is 16.2 Å². The van der Waals surface area contributed by atoms with E-state index in [1.807, 2.05) is 5.92 Å². The average Bonchev–Trinajstić information content (AvgIpc) is 2.17. The van der Waals surface area contributed by atoms with E-state index in [0.29, 0.717) is 0 Å². The number of alkyl halides is 3. The summed E-state index contributed by atoms with van der Waals surface area (Å²) < 4.78 is 39.6. The minimum atomic E-state index is -4.84. The molecule has 0 aliphatic heterocycles. The summed E-state index contributed by atoms with van der Waals surface area (Å²) in [4.78, 5) is 10.4. The number of anilines is 1. The zero-order valence-electron chi connectivity index (χ0n) is 8.34. The van der Waals surface area contributed by atoms with Gasteiger partial charge in [-0.05, 0) is 24.1 Å². The molecule has 0 heterocycles. The zero-order valence-corrected chi connectivity index (χ0v) is 8.34. The molecule has 4 nitrogen and oxygen atoms in total. The molecule has 4 N–H and O–H groups in total. The van der Waals surface area contributed by atoms with E-state index < -0.39 is 18.0 Å². The third-order valence-corrected chi connectivity index (χ3v) is 1.57. The summed E-state index contributed by atoms with van der Waals surface area (Å²) in [7, 11) is 0. The maximum atomic E-state index is 12.0. The van der Waals surface area contributed by atoms with Crippen molar-refractivity contribution in [2.45, 2.75) is 6.36 Å². The van der Waals surface area contributed by atoms with Crippen LogP contribution < -0.4 is 16.2 Å². The molecule has 0 saturated heterocycles. The second kappa shape index (κ2) is 4.65. The molecule has 0 bridgehead atoms. The van der Waals surface area contributed by atoms with E-state index in [4.69, 9.17) is 11.5 Å². The normalized spacial score (nSPS) is 10.3. The van der Waals surface area contributed by atoms with E-state index in [1.54, 1.807) is 0 Å². The standard InChI is InChI=1S/C10H7F3N2O2/c11-10(12,13)17-8-5-6(1-3-7(8)14)2-4-9(15)16/h1,3,5H,14H2,(H2,15,16). The minimum absolute atomic E-state index is 0.136. The molecule has 0 aliphatic carbocycles. The van der Waals surface area contributed by atoms with E-state index in [2.05, 4.69) is 10.7 Å². The van der Waals surface area contributed by atoms with Crippen LogP contribution in [0, 0.1) is 11.8 Å². The van der Waals surface area contributed by atoms with Gasteiger partial charge in [-0.2, -0.15) is 0 Å². The molecule has 1 amide bonds. The fourth-order valence-electron chi connectivity index (χ4n) is 0.959. The van der Waals surface area contributed by atoms with Gasteiger partial charge >= 0.3 is 6.36 Å². The van der Waals surface area contributed by atoms with E-state index >= 15 is 0 Å². The molecule has 0 saturated carbocycles. The maximum absolute atomic E-state index is 12.0. The fraction of sp³-hybridized carbons (Fsp3) is 0.100. The second-order valence-electron chi connectivity index (χ2n) is 2.91. The summed E-state index contributed by atoms with van der Waals surface area (Å²) >= 11 is 0. The smallest absolute Gasteiger partial charge is 0.404 e. The highest BCUT2D eigenvalue weighted by Crippen LogP contribution is 2.28. The third-order valence-electron chi connectivity index (χ3n) is 1.57. The number of halogens is 3. The summed E-state index contributed by atoms with van der Waals surface area (Å²) in [5.74, 6) is 2.79. The summed E-state index contributed by atoms with van der Waals surface area (Å²) in [6, 6.07) is 3.50. The van der Waals surface area contributed by atoms with Gasteiger partial charge in [-0.25, -0.2) is 0 Å². The number of carbonyl (C=O) groups excluding carboxylic acids is 1. The Hall–Kier alpha value is -2.36. The number of rotatable bonds is 1. The van der Waals surface area contributed by atoms with Crippen LogP contribution in [0.15, 0.2) is 18.2 Å². The predicted molar refractivity (Wildman–Crippen MR) is 53.6 cm³/mol. The third kappa shape index (κ3) is 4.34. The van der Waals surface area contributed by atoms with Crippen LogP contribution in [0.4, 0.5) is 18.9 Å². The molecule has 90 valence electrons. The highest BCUT2D eigenvalue weighted by molar-refractivity contribution is 5.92. The summed E-state index contributed by atoms with van der Waals surface area (Å²) in [6.45, 7) is 0. The van der Waals surface area contributed by atoms with Gasteiger partial charge in [0.25, 0.3) is 5.91 Å². The van der Waals surface area contributed by atoms with Crippen molar-refractivity contribution in [2.75, 3.05) is 5.73 Å². The Morgan fingerprint density at radius 2 is 2.00 bits per heavy atom. The number of benzene rings is 1. The quantitative estimate of drug-likeness (QED) is 0.571. The Labute approximate surface area is 94.3 Å². The monoisotopic (exact) mass is 244 g/mol. The van der Waals surface area contributed by atoms with Crippen LogP contribution in [0.1, 0.15) is 5.56 Å². The summed E-state index contributed by atoms with van der Waals surface area (Å²) in [5.41, 5.74) is 10.00. The van der Waals surface area contributed by atoms with Crippen LogP contribution in [0.2, 0.25) is 0 Å². The molecule has 0 aromatic heterocycles. The fourth-order valence-corrected chi connectivity index (χ4v) is 0.959. The van der Waals surface area contributed by atoms with E-state index in [-0.39, 0.29) is 11.3 Å². The molecule has 0 spiro atoms. The number of amides is 1. The largest absolute Gasteiger partial charge is 0.573 e. The zero-order chi connectivity index (χ0) is 13.1. The Morgan fingerprint density at radius 1 is 1.35 bits per heavy atom. The lowest BCUT2D eigenvalue weighted by molar-refractivity contribution is -0.274. The van der Waals surface area contributed by atoms with Crippen molar-refractivity contribution < 1.29 is 22.7 Å². The van der Waals surface area contributed by atoms with Crippen LogP contribution in [0.25, 0.3) is 0 Å². The number of nitrogen functional groups attached to an aromatic ring is 1. The first-order valence-electron chi connectivity index (χ1n) is 4.24. The molecule has 7 heteroatoms. The Bertz CT molecular complexity index is 500. The van der Waals surface area contributed by atoms with Gasteiger partial charge in [0.2, 0.25) is 0 Å². The van der Waals surface area contributed by atoms with Crippen molar-refractivity contribution in [1.29, 1.82) is 0 Å². The lowest BCUT2D eigenvalue weighted by Gasteiger charge is -2.10. The molecule has 0 radical (unpaired) electrons. The van der Waals surface area contributed by atoms with E-state index in [0.717, 1.165) is 6.07 Å². The van der Waals surface area contributed by atoms with Crippen LogP contribution in [-0.4, -0.2) is 12.3 Å². The van der Waals surface area contributed by atoms with Crippen LogP contribution in [0.3, 0.4) is 0 Å². The summed E-state index contributed by atoms with van der Waals surface area (Å²) in [6.07, 6.45) is -4.84. The highest BCUT2D eigenvalue weighted by atomic mass is 19.4. The molecule has 0 fully saturated rings. The van der Waals surface area contributed by atoms with Crippen molar-refractivity contribution in [1.82, 2.24) is 0 Å². The lowest BCUT2D eigenvalue weighted by atomic mass is 10.2. The first-order chi connectivity index (χ1) is 7.78. The van der Waals surface area contributed by atoms with Gasteiger partial charge in [-0.1, -0.05) is 5.92 Å². The van der Waals surface area contributed by atoms with Crippen LogP contribution in [0.5, 0.6) is 5.75 Å². The molecule has 1 rings (SSSR count). The van der Waals surface area contributed by atoms with E-state index in [1.165, 1.54) is 12.1 Å². The number of nitrogens with two attached hydrogens (primary N) is 2. The van der Waals surface area contributed by atoms with Gasteiger partial charge in [0.1, 0.15) is 0 Å². The number of hydrogen-bond donors (Lipinski definition) is 2. The van der Waals surface area contributed by atoms with Gasteiger partial charge in [-0.15, -0.1) is 13.2 Å². The van der Waals surface area contributed by atoms with Crippen molar-refractivity contribution in [3.63, 3.8) is 0 Å². The Balaban J connectivity index is 3.04. The first-order valence-corrected chi connectivity index (χ1v) is 4.24. The Kier molecular flexibility index (Phi) is 3.48. The van der Waals surface area contributed by atoms with E-state index in [9.17, 15) is 18.0 Å². The van der Waals surface area contributed by atoms with Gasteiger partial charge in [-0.3, -0.25) is 4.79 Å². The van der Waals surface area contributed by atoms with Crippen LogP contribution in [-0.2, 0) is 4.79 Å². The van der Waals surface area contributed by atoms with Crippen molar-refractivity contribution >= 4 is 11.6 Å². The topological polar surface area (TPSA) is 78.3 Å². The second-order valence-corrected chi connectivity index (χ2v) is 2.91. The molecule has 0 atom stereocenters. The lowest BCUT2D eigenvalue weighted by Crippen LogP contribution is -2.18. The molecule has 17 heavy (non-hydrogen) atoms. The van der Waals surface area contributed by atoms with Crippen LogP contribution >= 0.6 is 0 Å². The molecule has 1 aromatic rings. The number of hydrogen-bond acceptors (Lipinski definition) is 3. The average molecular weight is 244 g/mol. The Morgan fingerprint density at radius 3 is 2.53 bits per heavy atom. The summed E-state index contributed by atoms with van der Waals surface area (Å²) in [5, 5.41) is 0. The van der Waals surface area contributed by atoms with Gasteiger partial charge in [0.05, 0.1) is 5.69 Å². The SMILES string of the molecule is NC(=O)C#Cc1ccc(N)c(OC(F)(F)F)c1. The number of carbonyl (C=O) groups is 1. The van der Waals surface area contributed by atoms with Crippen molar-refractivity contribution in [3.8, 4) is 17.6 Å².